The van der Waals surface area contributed by atoms with Crippen molar-refractivity contribution in [1.29, 1.82) is 0 Å². The van der Waals surface area contributed by atoms with Crippen LogP contribution in [0.2, 0.25) is 0 Å². The van der Waals surface area contributed by atoms with Crippen molar-refractivity contribution in [2.45, 2.75) is 25.6 Å². The van der Waals surface area contributed by atoms with Crippen LogP contribution in [0.4, 0.5) is 24.9 Å². The first-order valence-corrected chi connectivity index (χ1v) is 5.21. The Morgan fingerprint density at radius 2 is 2.11 bits per heavy atom. The summed E-state index contributed by atoms with van der Waals surface area (Å²) in [6, 6.07) is 0.380. The zero-order valence-corrected chi connectivity index (χ0v) is 9.62. The Hall–Kier alpha value is -1.61. The normalized spacial score (nSPS) is 13.2. The monoisotopic (exact) mass is 265 g/mol. The number of hydrogen-bond acceptors (Lipinski definition) is 6. The predicted octanol–water partition coefficient (Wildman–Crippen LogP) is 0.964. The summed E-state index contributed by atoms with van der Waals surface area (Å²) in [5, 5.41) is 11.6. The zero-order valence-electron chi connectivity index (χ0n) is 9.62. The molecular weight excluding hydrogens is 251 g/mol. The molecule has 1 heterocycles. The lowest BCUT2D eigenvalue weighted by Gasteiger charge is -2.16. The zero-order chi connectivity index (χ0) is 13.8. The summed E-state index contributed by atoms with van der Waals surface area (Å²) >= 11 is 0. The van der Waals surface area contributed by atoms with Crippen molar-refractivity contribution in [3.63, 3.8) is 0 Å². The molecule has 18 heavy (non-hydrogen) atoms. The summed E-state index contributed by atoms with van der Waals surface area (Å²) in [6.07, 6.45) is -4.06. The fourth-order valence-corrected chi connectivity index (χ4v) is 1.22. The van der Waals surface area contributed by atoms with Crippen LogP contribution >= 0.6 is 0 Å². The van der Waals surface area contributed by atoms with Crippen molar-refractivity contribution in [2.75, 3.05) is 17.3 Å². The largest absolute Gasteiger partial charge is 0.433 e. The minimum atomic E-state index is -4.59. The molecule has 0 spiro atoms. The number of hydrazine groups is 1. The number of halogens is 3. The standard InChI is InChI=1S/C9H14F3N5O/c1-2-5(4-18)14-7-3-6(9(10,11)12)15-8(16-7)17-13/h3,5,18H,2,4,13H2,1H3,(H2,14,15,16,17). The highest BCUT2D eigenvalue weighted by atomic mass is 19.4. The van der Waals surface area contributed by atoms with E-state index in [0.29, 0.717) is 6.42 Å². The van der Waals surface area contributed by atoms with Crippen molar-refractivity contribution in [2.24, 2.45) is 5.84 Å². The molecule has 1 unspecified atom stereocenters. The van der Waals surface area contributed by atoms with Gasteiger partial charge >= 0.3 is 6.18 Å². The number of nitrogens with two attached hydrogens (primary N) is 1. The van der Waals surface area contributed by atoms with Gasteiger partial charge in [0.1, 0.15) is 5.82 Å². The lowest BCUT2D eigenvalue weighted by Crippen LogP contribution is -2.24. The van der Waals surface area contributed by atoms with Crippen LogP contribution in [0.25, 0.3) is 0 Å². The van der Waals surface area contributed by atoms with E-state index in [4.69, 9.17) is 10.9 Å². The van der Waals surface area contributed by atoms with Gasteiger partial charge in [0.15, 0.2) is 5.69 Å². The first kappa shape index (κ1) is 14.5. The summed E-state index contributed by atoms with van der Waals surface area (Å²) in [5.41, 5.74) is 0.854. The smallest absolute Gasteiger partial charge is 0.394 e. The van der Waals surface area contributed by atoms with E-state index in [2.05, 4.69) is 15.3 Å². The number of aromatic nitrogens is 2. The molecule has 0 bridgehead atoms. The molecule has 1 rings (SSSR count). The summed E-state index contributed by atoms with van der Waals surface area (Å²) in [6.45, 7) is 1.56. The Bertz CT molecular complexity index is 394. The molecular formula is C9H14F3N5O. The molecule has 0 radical (unpaired) electrons. The van der Waals surface area contributed by atoms with Crippen molar-refractivity contribution in [3.05, 3.63) is 11.8 Å². The number of nitrogens with one attached hydrogen (secondary N) is 2. The van der Waals surface area contributed by atoms with Gasteiger partial charge in [-0.25, -0.2) is 10.8 Å². The second-order valence-corrected chi connectivity index (χ2v) is 3.54. The van der Waals surface area contributed by atoms with Crippen LogP contribution in [0.1, 0.15) is 19.0 Å². The van der Waals surface area contributed by atoms with Crippen LogP contribution in [0, 0.1) is 0 Å². The minimum Gasteiger partial charge on any atom is -0.394 e. The molecule has 0 saturated heterocycles. The molecule has 0 aromatic carbocycles. The van der Waals surface area contributed by atoms with Gasteiger partial charge in [0.05, 0.1) is 12.6 Å². The molecule has 0 aliphatic carbocycles. The third-order valence-corrected chi connectivity index (χ3v) is 2.21. The summed E-state index contributed by atoms with van der Waals surface area (Å²) in [5.74, 6) is 4.61. The van der Waals surface area contributed by atoms with Gasteiger partial charge in [-0.1, -0.05) is 6.92 Å². The lowest BCUT2D eigenvalue weighted by molar-refractivity contribution is -0.141. The van der Waals surface area contributed by atoms with Crippen LogP contribution in [0.15, 0.2) is 6.07 Å². The highest BCUT2D eigenvalue weighted by molar-refractivity contribution is 5.43. The van der Waals surface area contributed by atoms with E-state index >= 15 is 0 Å². The Labute approximate surface area is 101 Å². The van der Waals surface area contributed by atoms with Crippen molar-refractivity contribution >= 4 is 11.8 Å². The number of nitrogens with zero attached hydrogens (tertiary/aromatic N) is 2. The molecule has 0 aliphatic heterocycles. The molecule has 0 aliphatic rings. The molecule has 6 nitrogen and oxygen atoms in total. The van der Waals surface area contributed by atoms with Crippen molar-refractivity contribution < 1.29 is 18.3 Å². The quantitative estimate of drug-likeness (QED) is 0.468. The number of aliphatic hydroxyl groups excluding tert-OH is 1. The third-order valence-electron chi connectivity index (χ3n) is 2.21. The van der Waals surface area contributed by atoms with Crippen molar-refractivity contribution in [3.8, 4) is 0 Å². The molecule has 9 heteroatoms. The van der Waals surface area contributed by atoms with Gasteiger partial charge in [0.2, 0.25) is 5.95 Å². The number of alkyl halides is 3. The Balaban J connectivity index is 3.04. The third kappa shape index (κ3) is 3.70. The van der Waals surface area contributed by atoms with Crippen LogP contribution in [-0.4, -0.2) is 27.7 Å². The average molecular weight is 265 g/mol. The maximum Gasteiger partial charge on any atom is 0.433 e. The van der Waals surface area contributed by atoms with Crippen LogP contribution in [-0.2, 0) is 6.18 Å². The fraction of sp³-hybridized carbons (Fsp3) is 0.556. The second kappa shape index (κ2) is 5.83. The molecule has 1 aromatic rings. The summed E-state index contributed by atoms with van der Waals surface area (Å²) < 4.78 is 37.6. The van der Waals surface area contributed by atoms with Crippen LogP contribution in [0.3, 0.4) is 0 Å². The maximum absolute atomic E-state index is 12.5. The van der Waals surface area contributed by atoms with E-state index in [1.807, 2.05) is 5.43 Å². The highest BCUT2D eigenvalue weighted by Gasteiger charge is 2.33. The van der Waals surface area contributed by atoms with Gasteiger partial charge in [-0.05, 0) is 6.42 Å². The van der Waals surface area contributed by atoms with E-state index in [1.165, 1.54) is 0 Å². The van der Waals surface area contributed by atoms with Gasteiger partial charge in [-0.3, -0.25) is 5.43 Å². The fourth-order valence-electron chi connectivity index (χ4n) is 1.22. The van der Waals surface area contributed by atoms with Crippen LogP contribution in [0.5, 0.6) is 0 Å². The van der Waals surface area contributed by atoms with Gasteiger partial charge in [-0.2, -0.15) is 18.2 Å². The molecule has 1 aromatic heterocycles. The predicted molar refractivity (Wildman–Crippen MR) is 59.6 cm³/mol. The van der Waals surface area contributed by atoms with Gasteiger partial charge in [0, 0.05) is 6.07 Å². The van der Waals surface area contributed by atoms with Crippen LogP contribution < -0.4 is 16.6 Å². The molecule has 0 amide bonds. The molecule has 0 saturated carbocycles. The highest BCUT2D eigenvalue weighted by Crippen LogP contribution is 2.29. The lowest BCUT2D eigenvalue weighted by atomic mass is 10.2. The Morgan fingerprint density at radius 3 is 2.56 bits per heavy atom. The number of hydrogen-bond donors (Lipinski definition) is 4. The topological polar surface area (TPSA) is 96.1 Å². The van der Waals surface area contributed by atoms with E-state index in [9.17, 15) is 13.2 Å². The van der Waals surface area contributed by atoms with Gasteiger partial charge in [-0.15, -0.1) is 0 Å². The number of aliphatic hydroxyl groups is 1. The molecule has 102 valence electrons. The Morgan fingerprint density at radius 1 is 1.44 bits per heavy atom. The first-order chi connectivity index (χ1) is 8.40. The van der Waals surface area contributed by atoms with E-state index in [-0.39, 0.29) is 24.4 Å². The minimum absolute atomic E-state index is 0.0498. The van der Waals surface area contributed by atoms with E-state index in [1.54, 1.807) is 6.92 Å². The molecule has 1 atom stereocenters. The summed E-state index contributed by atoms with van der Waals surface area (Å²) in [4.78, 5) is 6.94. The van der Waals surface area contributed by atoms with E-state index in [0.717, 1.165) is 6.07 Å². The number of nitrogen functional groups attached to an aromatic ring is 1. The first-order valence-electron chi connectivity index (χ1n) is 5.21. The molecule has 0 fully saturated rings. The van der Waals surface area contributed by atoms with Crippen molar-refractivity contribution in [1.82, 2.24) is 9.97 Å². The number of anilines is 2. The van der Waals surface area contributed by atoms with Gasteiger partial charge < -0.3 is 10.4 Å². The van der Waals surface area contributed by atoms with E-state index < -0.39 is 11.9 Å². The SMILES string of the molecule is CCC(CO)Nc1cc(C(F)(F)F)nc(NN)n1. The summed E-state index contributed by atoms with van der Waals surface area (Å²) in [7, 11) is 0. The molecule has 5 N–H and O–H groups in total. The Kier molecular flexibility index (Phi) is 4.68. The average Bonchev–Trinajstić information content (AvgIpc) is 2.34. The second-order valence-electron chi connectivity index (χ2n) is 3.54. The van der Waals surface area contributed by atoms with Gasteiger partial charge in [0.25, 0.3) is 0 Å². The maximum atomic E-state index is 12.5. The number of rotatable bonds is 5.